The quantitative estimate of drug-likeness (QED) is 0.254. The lowest BCUT2D eigenvalue weighted by Crippen LogP contribution is -2.53. The summed E-state index contributed by atoms with van der Waals surface area (Å²) in [5.41, 5.74) is 4.34. The molecule has 0 aliphatic carbocycles. The molecular formula is C37H43N3O5. The summed E-state index contributed by atoms with van der Waals surface area (Å²) in [4.78, 5) is 54.7. The standard InChI is InChI=1S/C37H43N3O5/c1-36(2,3)22-37(4,5)45-35(44)24-17-19-39(20-18-24)26-12-9-23(10-13-26)21-25-11-14-29-32-27(25)7-6-8-28(32)34(43)40(29)30-15-16-31(41)38-33(30)42/h6-14,24,30H,15-22H2,1-5H3,(H,38,41,42). The van der Waals surface area contributed by atoms with Gasteiger partial charge in [0.15, 0.2) is 0 Å². The van der Waals surface area contributed by atoms with Gasteiger partial charge in [0.1, 0.15) is 11.6 Å². The SMILES string of the molecule is CC(C)(C)CC(C)(C)OC(=O)C1CCN(c2ccc(Cc3ccc4c5c(cccc35)C(=O)N4C3CCC(=O)NC3=O)cc2)CC1. The second-order valence-corrected chi connectivity index (χ2v) is 14.6. The molecule has 2 saturated heterocycles. The van der Waals surface area contributed by atoms with Gasteiger partial charge in [-0.25, -0.2) is 0 Å². The van der Waals surface area contributed by atoms with Gasteiger partial charge in [0.2, 0.25) is 11.8 Å². The molecule has 8 nitrogen and oxygen atoms in total. The Morgan fingerprint density at radius 2 is 1.62 bits per heavy atom. The summed E-state index contributed by atoms with van der Waals surface area (Å²) in [5, 5.41) is 4.25. The fourth-order valence-electron chi connectivity index (χ4n) is 7.55. The molecule has 6 rings (SSSR count). The number of carbonyl (C=O) groups is 4. The number of benzene rings is 3. The number of piperidine rings is 2. The van der Waals surface area contributed by atoms with Gasteiger partial charge in [-0.3, -0.25) is 29.4 Å². The molecule has 0 saturated carbocycles. The van der Waals surface area contributed by atoms with Crippen LogP contribution in [0.15, 0.2) is 54.6 Å². The van der Waals surface area contributed by atoms with Crippen molar-refractivity contribution in [3.8, 4) is 0 Å². The lowest BCUT2D eigenvalue weighted by molar-refractivity contribution is -0.164. The van der Waals surface area contributed by atoms with E-state index in [-0.39, 0.29) is 35.5 Å². The van der Waals surface area contributed by atoms with Gasteiger partial charge in [0, 0.05) is 36.1 Å². The topological polar surface area (TPSA) is 96.0 Å². The number of ether oxygens (including phenoxy) is 1. The van der Waals surface area contributed by atoms with Crippen molar-refractivity contribution in [2.75, 3.05) is 22.9 Å². The first kappa shape index (κ1) is 30.8. The van der Waals surface area contributed by atoms with E-state index in [2.05, 4.69) is 55.3 Å². The number of nitrogens with one attached hydrogen (secondary N) is 1. The molecule has 3 heterocycles. The molecule has 1 atom stereocenters. The Labute approximate surface area is 265 Å². The summed E-state index contributed by atoms with van der Waals surface area (Å²) in [6.07, 6.45) is 3.61. The minimum Gasteiger partial charge on any atom is -0.459 e. The van der Waals surface area contributed by atoms with Gasteiger partial charge in [-0.05, 0) is 92.1 Å². The zero-order valence-corrected chi connectivity index (χ0v) is 26.9. The monoisotopic (exact) mass is 609 g/mol. The average molecular weight is 610 g/mol. The third kappa shape index (κ3) is 6.33. The van der Waals surface area contributed by atoms with Crippen molar-refractivity contribution in [2.45, 2.75) is 84.8 Å². The fourth-order valence-corrected chi connectivity index (χ4v) is 7.55. The van der Waals surface area contributed by atoms with Crippen molar-refractivity contribution in [3.05, 3.63) is 71.3 Å². The van der Waals surface area contributed by atoms with E-state index in [1.165, 1.54) is 0 Å². The highest BCUT2D eigenvalue weighted by Crippen LogP contribution is 2.41. The predicted molar refractivity (Wildman–Crippen MR) is 175 cm³/mol. The summed E-state index contributed by atoms with van der Waals surface area (Å²) >= 11 is 0. The third-order valence-corrected chi connectivity index (χ3v) is 9.20. The van der Waals surface area contributed by atoms with Crippen LogP contribution in [0.5, 0.6) is 0 Å². The fraction of sp³-hybridized carbons (Fsp3) is 0.459. The molecule has 45 heavy (non-hydrogen) atoms. The average Bonchev–Trinajstić information content (AvgIpc) is 3.26. The normalized spacial score (nSPS) is 19.3. The van der Waals surface area contributed by atoms with Crippen molar-refractivity contribution in [2.24, 2.45) is 11.3 Å². The number of amides is 3. The van der Waals surface area contributed by atoms with Crippen LogP contribution in [0.3, 0.4) is 0 Å². The smallest absolute Gasteiger partial charge is 0.309 e. The Morgan fingerprint density at radius 1 is 0.911 bits per heavy atom. The van der Waals surface area contributed by atoms with E-state index in [1.807, 2.05) is 44.2 Å². The minimum absolute atomic E-state index is 0.0682. The second kappa shape index (κ2) is 11.6. The maximum absolute atomic E-state index is 13.5. The van der Waals surface area contributed by atoms with E-state index in [0.717, 1.165) is 65.6 Å². The van der Waals surface area contributed by atoms with Gasteiger partial charge >= 0.3 is 5.97 Å². The van der Waals surface area contributed by atoms with E-state index in [1.54, 1.807) is 4.90 Å². The van der Waals surface area contributed by atoms with Crippen molar-refractivity contribution in [1.29, 1.82) is 0 Å². The second-order valence-electron chi connectivity index (χ2n) is 14.6. The maximum atomic E-state index is 13.5. The van der Waals surface area contributed by atoms with Gasteiger partial charge in [-0.1, -0.05) is 51.1 Å². The van der Waals surface area contributed by atoms with E-state index >= 15 is 0 Å². The van der Waals surface area contributed by atoms with E-state index in [0.29, 0.717) is 18.4 Å². The first-order valence-electron chi connectivity index (χ1n) is 16.1. The number of anilines is 2. The molecule has 3 amide bonds. The molecule has 1 unspecified atom stereocenters. The van der Waals surface area contributed by atoms with E-state index in [9.17, 15) is 19.2 Å². The van der Waals surface area contributed by atoms with Gasteiger partial charge in [0.05, 0.1) is 11.6 Å². The van der Waals surface area contributed by atoms with Crippen LogP contribution in [0.2, 0.25) is 0 Å². The van der Waals surface area contributed by atoms with Gasteiger partial charge < -0.3 is 9.64 Å². The van der Waals surface area contributed by atoms with Crippen LogP contribution in [-0.4, -0.2) is 48.4 Å². The highest BCUT2D eigenvalue weighted by Gasteiger charge is 2.41. The van der Waals surface area contributed by atoms with Gasteiger partial charge in [-0.2, -0.15) is 0 Å². The van der Waals surface area contributed by atoms with E-state index in [4.69, 9.17) is 4.74 Å². The van der Waals surface area contributed by atoms with Crippen LogP contribution < -0.4 is 15.1 Å². The largest absolute Gasteiger partial charge is 0.459 e. The van der Waals surface area contributed by atoms with Crippen molar-refractivity contribution in [1.82, 2.24) is 5.32 Å². The zero-order chi connectivity index (χ0) is 32.1. The Balaban J connectivity index is 1.12. The Morgan fingerprint density at radius 3 is 2.29 bits per heavy atom. The van der Waals surface area contributed by atoms with Crippen LogP contribution in [0, 0.1) is 11.3 Å². The first-order chi connectivity index (χ1) is 21.3. The molecule has 2 fully saturated rings. The first-order valence-corrected chi connectivity index (χ1v) is 16.1. The van der Waals surface area contributed by atoms with Crippen molar-refractivity contribution < 1.29 is 23.9 Å². The number of esters is 1. The third-order valence-electron chi connectivity index (χ3n) is 9.20. The van der Waals surface area contributed by atoms with Crippen LogP contribution in [-0.2, 0) is 25.5 Å². The Hall–Kier alpha value is -4.20. The van der Waals surface area contributed by atoms with Crippen molar-refractivity contribution >= 4 is 45.8 Å². The number of imide groups is 1. The molecule has 3 aromatic rings. The summed E-state index contributed by atoms with van der Waals surface area (Å²) in [7, 11) is 0. The minimum atomic E-state index is -0.694. The molecule has 0 aromatic heterocycles. The van der Waals surface area contributed by atoms with Crippen LogP contribution >= 0.6 is 0 Å². The Bertz CT molecular complexity index is 1660. The van der Waals surface area contributed by atoms with Crippen molar-refractivity contribution in [3.63, 3.8) is 0 Å². The Kier molecular flexibility index (Phi) is 7.96. The highest BCUT2D eigenvalue weighted by molar-refractivity contribution is 6.27. The number of carbonyl (C=O) groups excluding carboxylic acids is 4. The number of hydrogen-bond acceptors (Lipinski definition) is 6. The molecule has 1 N–H and O–H groups in total. The van der Waals surface area contributed by atoms with Crippen LogP contribution in [0.4, 0.5) is 11.4 Å². The lowest BCUT2D eigenvalue weighted by Gasteiger charge is -2.36. The molecule has 0 bridgehead atoms. The highest BCUT2D eigenvalue weighted by atomic mass is 16.6. The summed E-state index contributed by atoms with van der Waals surface area (Å²) < 4.78 is 5.96. The molecule has 236 valence electrons. The molecule has 3 aromatic carbocycles. The molecule has 3 aliphatic heterocycles. The zero-order valence-electron chi connectivity index (χ0n) is 26.9. The number of nitrogens with zero attached hydrogens (tertiary/aromatic N) is 2. The molecule has 0 radical (unpaired) electrons. The number of rotatable bonds is 7. The predicted octanol–water partition coefficient (Wildman–Crippen LogP) is 6.17. The molecule has 0 spiro atoms. The van der Waals surface area contributed by atoms with Crippen LogP contribution in [0.1, 0.15) is 88.2 Å². The molecule has 8 heteroatoms. The summed E-state index contributed by atoms with van der Waals surface area (Å²) in [5.74, 6) is -1.06. The lowest BCUT2D eigenvalue weighted by atomic mass is 9.83. The van der Waals surface area contributed by atoms with Gasteiger partial charge in [0.25, 0.3) is 5.91 Å². The van der Waals surface area contributed by atoms with Gasteiger partial charge in [-0.15, -0.1) is 0 Å². The number of hydrogen-bond donors (Lipinski definition) is 1. The molecule has 3 aliphatic rings. The van der Waals surface area contributed by atoms with Crippen LogP contribution in [0.25, 0.3) is 10.8 Å². The molecular weight excluding hydrogens is 566 g/mol. The van der Waals surface area contributed by atoms with E-state index < -0.39 is 17.6 Å². The maximum Gasteiger partial charge on any atom is 0.309 e. The summed E-state index contributed by atoms with van der Waals surface area (Å²) in [6.45, 7) is 12.1. The summed E-state index contributed by atoms with van der Waals surface area (Å²) in [6, 6.07) is 17.6.